The van der Waals surface area contributed by atoms with Gasteiger partial charge in [-0.25, -0.2) is 0 Å². The van der Waals surface area contributed by atoms with Crippen molar-refractivity contribution in [3.05, 3.63) is 23.4 Å². The maximum Gasteiger partial charge on any atom is 0.0588 e. The molecule has 2 heteroatoms. The number of hydrogen-bond acceptors (Lipinski definition) is 1. The Morgan fingerprint density at radius 2 is 2.33 bits per heavy atom. The molecular weight excluding hydrogens is 134 g/mol. The van der Waals surface area contributed by atoms with Gasteiger partial charge in [-0.1, -0.05) is 24.3 Å². The Kier molecular flexibility index (Phi) is 4.24. The summed E-state index contributed by atoms with van der Waals surface area (Å²) in [5.74, 6) is 0. The van der Waals surface area contributed by atoms with E-state index < -0.39 is 0 Å². The van der Waals surface area contributed by atoms with E-state index in [0.717, 1.165) is 12.2 Å². The summed E-state index contributed by atoms with van der Waals surface area (Å²) in [7, 11) is 0. The molecule has 0 bridgehead atoms. The first-order valence-corrected chi connectivity index (χ1v) is 3.35. The Morgan fingerprint density at radius 3 is 2.67 bits per heavy atom. The van der Waals surface area contributed by atoms with Crippen LogP contribution in [0.5, 0.6) is 0 Å². The van der Waals surface area contributed by atoms with E-state index in [1.54, 1.807) is 0 Å². The van der Waals surface area contributed by atoms with Crippen LogP contribution in [-0.2, 0) is 0 Å². The first-order chi connectivity index (χ1) is 4.22. The molecule has 0 aromatic rings. The molecule has 0 atom stereocenters. The minimum atomic E-state index is 0.692. The Balaban J connectivity index is 3.74. The Hall–Kier alpha value is -0.430. The molecule has 0 rings (SSSR count). The molecule has 0 unspecified atom stereocenters. The molecule has 9 heavy (non-hydrogen) atoms. The highest BCUT2D eigenvalue weighted by Crippen LogP contribution is 2.07. The van der Waals surface area contributed by atoms with Crippen molar-refractivity contribution in [3.8, 4) is 0 Å². The zero-order chi connectivity index (χ0) is 7.28. The van der Waals surface area contributed by atoms with Gasteiger partial charge in [0, 0.05) is 12.2 Å². The third kappa shape index (κ3) is 3.20. The summed E-state index contributed by atoms with van der Waals surface area (Å²) in [6, 6.07) is 0. The monoisotopic (exact) mass is 145 g/mol. The van der Waals surface area contributed by atoms with Crippen LogP contribution in [-0.4, -0.2) is 6.54 Å². The predicted molar refractivity (Wildman–Crippen MR) is 42.4 cm³/mol. The van der Waals surface area contributed by atoms with E-state index in [1.807, 2.05) is 19.9 Å². The van der Waals surface area contributed by atoms with E-state index in [-0.39, 0.29) is 0 Å². The van der Waals surface area contributed by atoms with Gasteiger partial charge in [0.25, 0.3) is 0 Å². The first-order valence-electron chi connectivity index (χ1n) is 2.97. The van der Waals surface area contributed by atoms with Crippen molar-refractivity contribution >= 4 is 11.6 Å². The molecule has 0 amide bonds. The van der Waals surface area contributed by atoms with Crippen LogP contribution >= 0.6 is 11.6 Å². The molecule has 1 N–H and O–H groups in total. The summed E-state index contributed by atoms with van der Waals surface area (Å²) in [6.07, 6.45) is 1.81. The fraction of sp³-hybridized carbons (Fsp3) is 0.429. The summed E-state index contributed by atoms with van der Waals surface area (Å²) in [5, 5.41) is 3.69. The van der Waals surface area contributed by atoms with E-state index >= 15 is 0 Å². The van der Waals surface area contributed by atoms with Crippen molar-refractivity contribution < 1.29 is 0 Å². The van der Waals surface area contributed by atoms with Gasteiger partial charge in [-0.3, -0.25) is 0 Å². The van der Waals surface area contributed by atoms with E-state index in [9.17, 15) is 0 Å². The van der Waals surface area contributed by atoms with Crippen LogP contribution < -0.4 is 5.32 Å². The summed E-state index contributed by atoms with van der Waals surface area (Å²) < 4.78 is 0. The fourth-order valence-corrected chi connectivity index (χ4v) is 0.539. The minimum Gasteiger partial charge on any atom is -0.385 e. The molecule has 0 spiro atoms. The van der Waals surface area contributed by atoms with E-state index in [2.05, 4.69) is 11.9 Å². The Bertz CT molecular complexity index is 127. The number of hydrogen-bond donors (Lipinski definition) is 1. The summed E-state index contributed by atoms with van der Waals surface area (Å²) >= 11 is 5.69. The van der Waals surface area contributed by atoms with Gasteiger partial charge in [0.1, 0.15) is 0 Å². The van der Waals surface area contributed by atoms with Gasteiger partial charge in [0.05, 0.1) is 5.03 Å². The average molecular weight is 146 g/mol. The molecular formula is C7H12ClN. The highest BCUT2D eigenvalue weighted by Gasteiger charge is 1.92. The molecule has 52 valence electrons. The molecule has 0 radical (unpaired) electrons. The number of likely N-dealkylation sites (N-methyl/N-ethyl adjacent to an activating group) is 1. The van der Waals surface area contributed by atoms with Crippen molar-refractivity contribution in [2.24, 2.45) is 0 Å². The summed E-state index contributed by atoms with van der Waals surface area (Å²) in [4.78, 5) is 0. The second kappa shape index (κ2) is 4.45. The van der Waals surface area contributed by atoms with Gasteiger partial charge in [0.2, 0.25) is 0 Å². The molecule has 0 heterocycles. The predicted octanol–water partition coefficient (Wildman–Crippen LogP) is 2.25. The van der Waals surface area contributed by atoms with E-state index in [0.29, 0.717) is 5.03 Å². The van der Waals surface area contributed by atoms with Gasteiger partial charge in [0.15, 0.2) is 0 Å². The zero-order valence-corrected chi connectivity index (χ0v) is 6.63. The van der Waals surface area contributed by atoms with Crippen molar-refractivity contribution in [1.29, 1.82) is 0 Å². The Labute approximate surface area is 61.4 Å². The SMILES string of the molecule is C=C(NCC)/C(Cl)=C\C. The zero-order valence-electron chi connectivity index (χ0n) is 5.87. The van der Waals surface area contributed by atoms with Gasteiger partial charge in [-0.05, 0) is 13.8 Å². The summed E-state index contributed by atoms with van der Waals surface area (Å²) in [6.45, 7) is 8.45. The van der Waals surface area contributed by atoms with Gasteiger partial charge >= 0.3 is 0 Å². The average Bonchev–Trinajstić information content (AvgIpc) is 1.87. The van der Waals surface area contributed by atoms with Crippen molar-refractivity contribution in [1.82, 2.24) is 5.32 Å². The number of nitrogens with one attached hydrogen (secondary N) is 1. The molecule has 0 saturated carbocycles. The van der Waals surface area contributed by atoms with Crippen LogP contribution in [0.25, 0.3) is 0 Å². The van der Waals surface area contributed by atoms with Crippen molar-refractivity contribution in [2.45, 2.75) is 13.8 Å². The molecule has 0 aliphatic rings. The molecule has 0 fully saturated rings. The van der Waals surface area contributed by atoms with Crippen molar-refractivity contribution in [3.63, 3.8) is 0 Å². The van der Waals surface area contributed by atoms with Crippen LogP contribution in [0, 0.1) is 0 Å². The van der Waals surface area contributed by atoms with Crippen molar-refractivity contribution in [2.75, 3.05) is 6.54 Å². The number of allylic oxidation sites excluding steroid dienone is 2. The first kappa shape index (κ1) is 8.57. The topological polar surface area (TPSA) is 12.0 Å². The van der Waals surface area contributed by atoms with Gasteiger partial charge in [-0.15, -0.1) is 0 Å². The highest BCUT2D eigenvalue weighted by molar-refractivity contribution is 6.31. The van der Waals surface area contributed by atoms with Crippen LogP contribution in [0.3, 0.4) is 0 Å². The van der Waals surface area contributed by atoms with Crippen LogP contribution in [0.1, 0.15) is 13.8 Å². The van der Waals surface area contributed by atoms with E-state index in [1.165, 1.54) is 0 Å². The molecule has 1 nitrogen and oxygen atoms in total. The van der Waals surface area contributed by atoms with Crippen LogP contribution in [0.2, 0.25) is 0 Å². The van der Waals surface area contributed by atoms with Crippen LogP contribution in [0.4, 0.5) is 0 Å². The minimum absolute atomic E-state index is 0.692. The molecule has 0 aliphatic heterocycles. The third-order valence-electron chi connectivity index (χ3n) is 0.932. The quantitative estimate of drug-likeness (QED) is 0.601. The smallest absolute Gasteiger partial charge is 0.0588 e. The molecule has 0 aromatic heterocycles. The molecule has 0 saturated heterocycles. The highest BCUT2D eigenvalue weighted by atomic mass is 35.5. The lowest BCUT2D eigenvalue weighted by molar-refractivity contribution is 0.878. The largest absolute Gasteiger partial charge is 0.385 e. The normalized spacial score (nSPS) is 11.2. The maximum absolute atomic E-state index is 5.69. The second-order valence-electron chi connectivity index (χ2n) is 1.65. The fourth-order valence-electron chi connectivity index (χ4n) is 0.472. The maximum atomic E-state index is 5.69. The second-order valence-corrected chi connectivity index (χ2v) is 2.05. The summed E-state index contributed by atoms with van der Waals surface area (Å²) in [5.41, 5.74) is 0.793. The van der Waals surface area contributed by atoms with Crippen LogP contribution in [0.15, 0.2) is 23.4 Å². The van der Waals surface area contributed by atoms with Gasteiger partial charge < -0.3 is 5.32 Å². The standard InChI is InChI=1S/C7H12ClN/c1-4-7(8)6(3)9-5-2/h4,9H,3,5H2,1-2H3/b7-4+. The number of rotatable bonds is 3. The molecule has 0 aliphatic carbocycles. The lowest BCUT2D eigenvalue weighted by Gasteiger charge is -2.03. The lowest BCUT2D eigenvalue weighted by Crippen LogP contribution is -2.10. The van der Waals surface area contributed by atoms with E-state index in [4.69, 9.17) is 11.6 Å². The third-order valence-corrected chi connectivity index (χ3v) is 1.38. The lowest BCUT2D eigenvalue weighted by atomic mass is 10.4. The molecule has 0 aromatic carbocycles. The Morgan fingerprint density at radius 1 is 1.78 bits per heavy atom. The van der Waals surface area contributed by atoms with Gasteiger partial charge in [-0.2, -0.15) is 0 Å². The number of halogens is 1.